The fraction of sp³-hybridized carbons (Fsp3) is 0.636. The third-order valence-electron chi connectivity index (χ3n) is 6.25. The number of ether oxygens (including phenoxy) is 1. The molecule has 6 N–H and O–H groups in total. The van der Waals surface area contributed by atoms with Crippen LogP contribution in [0.1, 0.15) is 77.6 Å². The molecular weight excluding hydrogens is 368 g/mol. The van der Waals surface area contributed by atoms with Crippen molar-refractivity contribution in [2.24, 2.45) is 11.5 Å². The molecule has 7 nitrogen and oxygen atoms in total. The summed E-state index contributed by atoms with van der Waals surface area (Å²) >= 11 is 0. The number of hydrogen-bond acceptors (Lipinski definition) is 5. The maximum absolute atomic E-state index is 12.9. The number of carbonyl (C=O) groups is 2. The van der Waals surface area contributed by atoms with Crippen molar-refractivity contribution in [2.45, 2.75) is 82.5 Å². The molecule has 0 atom stereocenters. The van der Waals surface area contributed by atoms with Crippen molar-refractivity contribution < 1.29 is 14.3 Å². The lowest BCUT2D eigenvalue weighted by atomic mass is 9.91. The van der Waals surface area contributed by atoms with Crippen molar-refractivity contribution in [1.29, 1.82) is 0 Å². The molecule has 160 valence electrons. The molecule has 0 heterocycles. The van der Waals surface area contributed by atoms with Gasteiger partial charge in [0.25, 0.3) is 11.8 Å². The van der Waals surface area contributed by atoms with Crippen LogP contribution in [0.15, 0.2) is 12.1 Å². The van der Waals surface area contributed by atoms with E-state index in [1.54, 1.807) is 12.1 Å². The second-order valence-corrected chi connectivity index (χ2v) is 8.54. The van der Waals surface area contributed by atoms with Gasteiger partial charge in [-0.2, -0.15) is 0 Å². The van der Waals surface area contributed by atoms with Gasteiger partial charge in [-0.15, -0.1) is 0 Å². The standard InChI is InChI=1S/C22H34N4O3/c1-13-11-20(29-2)19(22(28)26-17-9-5-15(24)6-10-17)12-18(13)21(27)25-16-7-3-14(23)4-8-16/h11-12,14-17H,3-10,23-24H2,1-2H3,(H,25,27)(H,26,28)/t14-,15-,16-,17-. The van der Waals surface area contributed by atoms with Gasteiger partial charge in [-0.05, 0) is 76.0 Å². The summed E-state index contributed by atoms with van der Waals surface area (Å²) < 4.78 is 5.42. The van der Waals surface area contributed by atoms with Gasteiger partial charge in [0.1, 0.15) is 5.75 Å². The van der Waals surface area contributed by atoms with Gasteiger partial charge in [0.05, 0.1) is 12.7 Å². The third kappa shape index (κ3) is 5.48. The summed E-state index contributed by atoms with van der Waals surface area (Å²) in [4.78, 5) is 25.8. The van der Waals surface area contributed by atoms with Crippen LogP contribution in [0.2, 0.25) is 0 Å². The quantitative estimate of drug-likeness (QED) is 0.601. The van der Waals surface area contributed by atoms with E-state index in [0.717, 1.165) is 56.9 Å². The molecule has 1 aromatic rings. The number of benzene rings is 1. The Bertz CT molecular complexity index is 736. The van der Waals surface area contributed by atoms with Crippen LogP contribution in [0.5, 0.6) is 5.75 Å². The zero-order chi connectivity index (χ0) is 21.0. The number of amides is 2. The summed E-state index contributed by atoms with van der Waals surface area (Å²) in [7, 11) is 1.54. The zero-order valence-corrected chi connectivity index (χ0v) is 17.5. The minimum Gasteiger partial charge on any atom is -0.496 e. The summed E-state index contributed by atoms with van der Waals surface area (Å²) in [5.74, 6) is 0.121. The fourth-order valence-electron chi connectivity index (χ4n) is 4.33. The van der Waals surface area contributed by atoms with E-state index in [4.69, 9.17) is 16.2 Å². The molecule has 2 aliphatic rings. The van der Waals surface area contributed by atoms with Crippen LogP contribution in [0.4, 0.5) is 0 Å². The van der Waals surface area contributed by atoms with Crippen molar-refractivity contribution in [3.63, 3.8) is 0 Å². The molecule has 1 aromatic carbocycles. The van der Waals surface area contributed by atoms with Crippen LogP contribution in [0, 0.1) is 6.92 Å². The normalized spacial score (nSPS) is 27.2. The molecule has 3 rings (SSSR count). The van der Waals surface area contributed by atoms with E-state index in [1.807, 2.05) is 6.92 Å². The minimum absolute atomic E-state index is 0.108. The van der Waals surface area contributed by atoms with E-state index in [1.165, 1.54) is 7.11 Å². The molecule has 29 heavy (non-hydrogen) atoms. The van der Waals surface area contributed by atoms with Gasteiger partial charge in [-0.1, -0.05) is 0 Å². The number of hydrogen-bond donors (Lipinski definition) is 4. The summed E-state index contributed by atoms with van der Waals surface area (Å²) in [6.07, 6.45) is 7.19. The summed E-state index contributed by atoms with van der Waals surface area (Å²) in [5.41, 5.74) is 13.6. The van der Waals surface area contributed by atoms with E-state index < -0.39 is 0 Å². The van der Waals surface area contributed by atoms with Crippen LogP contribution < -0.4 is 26.8 Å². The second-order valence-electron chi connectivity index (χ2n) is 8.54. The highest BCUT2D eigenvalue weighted by molar-refractivity contribution is 6.02. The maximum atomic E-state index is 12.9. The molecule has 0 bridgehead atoms. The highest BCUT2D eigenvalue weighted by atomic mass is 16.5. The lowest BCUT2D eigenvalue weighted by Gasteiger charge is -2.28. The Morgan fingerprint density at radius 1 is 0.828 bits per heavy atom. The van der Waals surface area contributed by atoms with Crippen molar-refractivity contribution in [3.05, 3.63) is 28.8 Å². The number of carbonyl (C=O) groups excluding carboxylic acids is 2. The van der Waals surface area contributed by atoms with Crippen LogP contribution in [0.25, 0.3) is 0 Å². The molecule has 7 heteroatoms. The van der Waals surface area contributed by atoms with Crippen molar-refractivity contribution in [1.82, 2.24) is 10.6 Å². The minimum atomic E-state index is -0.208. The molecule has 2 aliphatic carbocycles. The SMILES string of the molecule is COc1cc(C)c(C(=O)N[C@H]2CC[C@H](N)CC2)cc1C(=O)N[C@H]1CC[C@H](N)CC1. The van der Waals surface area contributed by atoms with Crippen LogP contribution in [0.3, 0.4) is 0 Å². The van der Waals surface area contributed by atoms with Crippen molar-refractivity contribution in [3.8, 4) is 5.75 Å². The van der Waals surface area contributed by atoms with E-state index in [0.29, 0.717) is 16.9 Å². The fourth-order valence-corrected chi connectivity index (χ4v) is 4.33. The largest absolute Gasteiger partial charge is 0.496 e. The lowest BCUT2D eigenvalue weighted by molar-refractivity contribution is 0.0922. The third-order valence-corrected chi connectivity index (χ3v) is 6.25. The molecular formula is C22H34N4O3. The molecule has 0 radical (unpaired) electrons. The van der Waals surface area contributed by atoms with E-state index in [2.05, 4.69) is 10.6 Å². The first-order valence-corrected chi connectivity index (χ1v) is 10.7. The van der Waals surface area contributed by atoms with E-state index in [9.17, 15) is 9.59 Å². The van der Waals surface area contributed by atoms with Gasteiger partial charge in [0, 0.05) is 29.7 Å². The van der Waals surface area contributed by atoms with Gasteiger partial charge in [-0.25, -0.2) is 0 Å². The van der Waals surface area contributed by atoms with Crippen LogP contribution in [-0.2, 0) is 0 Å². The number of rotatable bonds is 5. The average molecular weight is 403 g/mol. The van der Waals surface area contributed by atoms with Gasteiger partial charge in [0.15, 0.2) is 0 Å². The maximum Gasteiger partial charge on any atom is 0.255 e. The first-order valence-electron chi connectivity index (χ1n) is 10.7. The van der Waals surface area contributed by atoms with Crippen molar-refractivity contribution >= 4 is 11.8 Å². The monoisotopic (exact) mass is 402 g/mol. The molecule has 0 unspecified atom stereocenters. The summed E-state index contributed by atoms with van der Waals surface area (Å²) in [6.45, 7) is 1.86. The Morgan fingerprint density at radius 3 is 1.72 bits per heavy atom. The molecule has 2 fully saturated rings. The number of aryl methyl sites for hydroxylation is 1. The first-order chi connectivity index (χ1) is 13.9. The lowest BCUT2D eigenvalue weighted by Crippen LogP contribution is -2.41. The predicted octanol–water partition coefficient (Wildman–Crippen LogP) is 2.00. The zero-order valence-electron chi connectivity index (χ0n) is 17.5. The Hall–Kier alpha value is -2.12. The number of nitrogens with two attached hydrogens (primary N) is 2. The molecule has 2 saturated carbocycles. The highest BCUT2D eigenvalue weighted by Gasteiger charge is 2.25. The Morgan fingerprint density at radius 2 is 1.28 bits per heavy atom. The van der Waals surface area contributed by atoms with Crippen LogP contribution in [-0.4, -0.2) is 43.1 Å². The van der Waals surface area contributed by atoms with Gasteiger partial charge in [0.2, 0.25) is 0 Å². The van der Waals surface area contributed by atoms with Gasteiger partial charge >= 0.3 is 0 Å². The number of methoxy groups -OCH3 is 1. The topological polar surface area (TPSA) is 119 Å². The molecule has 2 amide bonds. The summed E-state index contributed by atoms with van der Waals surface area (Å²) in [5, 5.41) is 6.19. The molecule has 0 aliphatic heterocycles. The van der Waals surface area contributed by atoms with E-state index in [-0.39, 0.29) is 36.0 Å². The molecule has 0 aromatic heterocycles. The average Bonchev–Trinajstić information content (AvgIpc) is 2.71. The summed E-state index contributed by atoms with van der Waals surface area (Å²) in [6, 6.07) is 4.11. The smallest absolute Gasteiger partial charge is 0.255 e. The van der Waals surface area contributed by atoms with Crippen LogP contribution >= 0.6 is 0 Å². The molecule has 0 spiro atoms. The number of nitrogens with one attached hydrogen (secondary N) is 2. The van der Waals surface area contributed by atoms with Gasteiger partial charge < -0.3 is 26.8 Å². The molecule has 0 saturated heterocycles. The predicted molar refractivity (Wildman–Crippen MR) is 113 cm³/mol. The van der Waals surface area contributed by atoms with Gasteiger partial charge in [-0.3, -0.25) is 9.59 Å². The van der Waals surface area contributed by atoms with E-state index >= 15 is 0 Å². The Labute approximate surface area is 172 Å². The second kappa shape index (κ2) is 9.59. The Balaban J connectivity index is 1.73. The highest BCUT2D eigenvalue weighted by Crippen LogP contribution is 2.26. The first kappa shape index (κ1) is 21.6. The van der Waals surface area contributed by atoms with Crippen molar-refractivity contribution in [2.75, 3.05) is 7.11 Å². The Kier molecular flexibility index (Phi) is 7.14.